The minimum atomic E-state index is -3.89. The molecule has 3 rings (SSSR count). The maximum Gasteiger partial charge on any atom is 0.419 e. The lowest BCUT2D eigenvalue weighted by Crippen LogP contribution is -2.20. The summed E-state index contributed by atoms with van der Waals surface area (Å²) in [7, 11) is -0.891. The van der Waals surface area contributed by atoms with Crippen molar-refractivity contribution in [1.29, 1.82) is 0 Å². The number of carbonyl (C=O) groups excluding carboxylic acids is 1. The number of likely N-dealkylation sites (N-methyl/N-ethyl adjacent to an activating group) is 1. The van der Waals surface area contributed by atoms with Gasteiger partial charge in [0.25, 0.3) is 10.0 Å². The number of fused-ring (bicyclic) bond motifs is 1. The minimum Gasteiger partial charge on any atom is -0.408 e. The van der Waals surface area contributed by atoms with Crippen molar-refractivity contribution in [3.63, 3.8) is 0 Å². The van der Waals surface area contributed by atoms with Crippen molar-refractivity contribution in [3.8, 4) is 0 Å². The Balaban J connectivity index is 1.88. The molecule has 9 nitrogen and oxygen atoms in total. The number of hydrogen-bond acceptors (Lipinski definition) is 7. The Labute approximate surface area is 146 Å². The molecule has 132 valence electrons. The molecule has 0 atom stereocenters. The molecule has 0 saturated heterocycles. The molecule has 25 heavy (non-hydrogen) atoms. The lowest BCUT2D eigenvalue weighted by Gasteiger charge is -2.05. The van der Waals surface area contributed by atoms with Crippen LogP contribution in [0.25, 0.3) is 11.1 Å². The van der Waals surface area contributed by atoms with E-state index in [1.807, 2.05) is 0 Å². The average molecular weight is 382 g/mol. The highest BCUT2D eigenvalue weighted by molar-refractivity contribution is 7.93. The number of nitrogens with one attached hydrogen (secondary N) is 2. The van der Waals surface area contributed by atoms with Crippen LogP contribution in [0.3, 0.4) is 0 Å². The smallest absolute Gasteiger partial charge is 0.408 e. The Kier molecular flexibility index (Phi) is 4.35. The van der Waals surface area contributed by atoms with Gasteiger partial charge >= 0.3 is 5.76 Å². The predicted octanol–water partition coefficient (Wildman–Crippen LogP) is 0.677. The third-order valence-electron chi connectivity index (χ3n) is 3.47. The van der Waals surface area contributed by atoms with E-state index < -0.39 is 15.8 Å². The number of aryl methyl sites for hydroxylation is 1. The molecule has 3 aromatic rings. The summed E-state index contributed by atoms with van der Waals surface area (Å²) in [5.41, 5.74) is 1.13. The van der Waals surface area contributed by atoms with Crippen LogP contribution in [0.2, 0.25) is 0 Å². The molecular weight excluding hydrogens is 368 g/mol. The number of anilines is 1. The molecule has 1 amide bonds. The van der Waals surface area contributed by atoms with Gasteiger partial charge in [0.1, 0.15) is 0 Å². The van der Waals surface area contributed by atoms with Gasteiger partial charge < -0.3 is 9.73 Å². The quantitative estimate of drug-likeness (QED) is 0.669. The van der Waals surface area contributed by atoms with Crippen molar-refractivity contribution >= 4 is 43.5 Å². The van der Waals surface area contributed by atoms with E-state index in [0.717, 1.165) is 11.3 Å². The third kappa shape index (κ3) is 3.42. The van der Waals surface area contributed by atoms with Gasteiger partial charge in [0, 0.05) is 19.5 Å². The number of hydrogen-bond donors (Lipinski definition) is 2. The molecule has 0 aliphatic carbocycles. The number of rotatable bonds is 5. The van der Waals surface area contributed by atoms with E-state index in [-0.39, 0.29) is 22.4 Å². The standard InChI is InChI=1S/C14H14N4O5S2/c1-15-12(19)5-8-7-24-13(16-8)17-25(21,22)9-3-4-11-10(6-9)18(2)14(20)23-11/h3-4,6-7H,5H2,1-2H3,(H,15,19)(H,16,17). The molecule has 0 spiro atoms. The van der Waals surface area contributed by atoms with Crippen LogP contribution in [0.5, 0.6) is 0 Å². The molecule has 11 heteroatoms. The maximum atomic E-state index is 12.5. The SMILES string of the molecule is CNC(=O)Cc1csc(NS(=O)(=O)c2ccc3oc(=O)n(C)c3c2)n1. The van der Waals surface area contributed by atoms with Crippen LogP contribution in [-0.4, -0.2) is 30.9 Å². The van der Waals surface area contributed by atoms with Crippen molar-refractivity contribution in [2.45, 2.75) is 11.3 Å². The van der Waals surface area contributed by atoms with Crippen LogP contribution in [0.4, 0.5) is 5.13 Å². The number of benzene rings is 1. The normalized spacial score (nSPS) is 11.6. The molecule has 1 aromatic carbocycles. The van der Waals surface area contributed by atoms with Gasteiger partial charge in [0.15, 0.2) is 10.7 Å². The van der Waals surface area contributed by atoms with E-state index in [0.29, 0.717) is 16.8 Å². The molecule has 0 fully saturated rings. The van der Waals surface area contributed by atoms with Crippen LogP contribution in [0.1, 0.15) is 5.69 Å². The summed E-state index contributed by atoms with van der Waals surface area (Å²) in [6.45, 7) is 0. The van der Waals surface area contributed by atoms with Crippen molar-refractivity contribution in [2.75, 3.05) is 11.8 Å². The minimum absolute atomic E-state index is 0.0283. The molecule has 0 bridgehead atoms. The fraction of sp³-hybridized carbons (Fsp3) is 0.214. The molecule has 0 radical (unpaired) electrons. The van der Waals surface area contributed by atoms with Gasteiger partial charge in [-0.2, -0.15) is 0 Å². The summed E-state index contributed by atoms with van der Waals surface area (Å²) in [6.07, 6.45) is 0.0673. The Morgan fingerprint density at radius 1 is 1.40 bits per heavy atom. The molecule has 0 aliphatic heterocycles. The number of aromatic nitrogens is 2. The molecule has 2 heterocycles. The second-order valence-electron chi connectivity index (χ2n) is 5.16. The molecule has 0 aliphatic rings. The lowest BCUT2D eigenvalue weighted by atomic mass is 10.3. The molecule has 0 unspecified atom stereocenters. The Morgan fingerprint density at radius 2 is 2.16 bits per heavy atom. The molecule has 2 N–H and O–H groups in total. The van der Waals surface area contributed by atoms with Crippen molar-refractivity contribution in [2.24, 2.45) is 7.05 Å². The highest BCUT2D eigenvalue weighted by Gasteiger charge is 2.19. The summed E-state index contributed by atoms with van der Waals surface area (Å²) in [6, 6.07) is 4.11. The zero-order chi connectivity index (χ0) is 18.2. The van der Waals surface area contributed by atoms with Crippen LogP contribution < -0.4 is 15.8 Å². The monoisotopic (exact) mass is 382 g/mol. The van der Waals surface area contributed by atoms with E-state index in [1.54, 1.807) is 5.38 Å². The number of amides is 1. The van der Waals surface area contributed by atoms with E-state index in [1.165, 1.54) is 36.9 Å². The summed E-state index contributed by atoms with van der Waals surface area (Å²) in [4.78, 5) is 26.9. The van der Waals surface area contributed by atoms with E-state index in [2.05, 4.69) is 15.0 Å². The first-order valence-corrected chi connectivity index (χ1v) is 9.44. The zero-order valence-corrected chi connectivity index (χ0v) is 14.9. The van der Waals surface area contributed by atoms with Crippen LogP contribution in [-0.2, 0) is 28.3 Å². The van der Waals surface area contributed by atoms with Crippen LogP contribution >= 0.6 is 11.3 Å². The van der Waals surface area contributed by atoms with Gasteiger partial charge in [-0.3, -0.25) is 14.1 Å². The second-order valence-corrected chi connectivity index (χ2v) is 7.70. The van der Waals surface area contributed by atoms with Crippen molar-refractivity contribution in [1.82, 2.24) is 14.9 Å². The fourth-order valence-electron chi connectivity index (χ4n) is 2.14. The summed E-state index contributed by atoms with van der Waals surface area (Å²) in [5, 5.41) is 4.23. The highest BCUT2D eigenvalue weighted by atomic mass is 32.2. The predicted molar refractivity (Wildman–Crippen MR) is 92.1 cm³/mol. The highest BCUT2D eigenvalue weighted by Crippen LogP contribution is 2.23. The topological polar surface area (TPSA) is 123 Å². The second kappa shape index (κ2) is 6.33. The van der Waals surface area contributed by atoms with E-state index >= 15 is 0 Å². The van der Waals surface area contributed by atoms with Gasteiger partial charge in [-0.05, 0) is 18.2 Å². The Bertz CT molecular complexity index is 1110. The first-order chi connectivity index (χ1) is 11.8. The van der Waals surface area contributed by atoms with Gasteiger partial charge in [0.2, 0.25) is 5.91 Å². The fourth-order valence-corrected chi connectivity index (χ4v) is 4.12. The van der Waals surface area contributed by atoms with Crippen LogP contribution in [0, 0.1) is 0 Å². The van der Waals surface area contributed by atoms with Crippen LogP contribution in [0.15, 0.2) is 37.7 Å². The number of oxazole rings is 1. The summed E-state index contributed by atoms with van der Waals surface area (Å²) in [5.74, 6) is -0.790. The van der Waals surface area contributed by atoms with E-state index in [4.69, 9.17) is 4.42 Å². The third-order valence-corrected chi connectivity index (χ3v) is 5.74. The Hall–Kier alpha value is -2.66. The molecular formula is C14H14N4O5S2. The van der Waals surface area contributed by atoms with Gasteiger partial charge in [-0.25, -0.2) is 18.2 Å². The molecule has 2 aromatic heterocycles. The van der Waals surface area contributed by atoms with Gasteiger partial charge in [-0.15, -0.1) is 11.3 Å². The number of thiazole rings is 1. The van der Waals surface area contributed by atoms with E-state index in [9.17, 15) is 18.0 Å². The van der Waals surface area contributed by atoms with Crippen molar-refractivity contribution in [3.05, 3.63) is 39.8 Å². The average Bonchev–Trinajstić information content (AvgIpc) is 3.11. The van der Waals surface area contributed by atoms with Gasteiger partial charge in [-0.1, -0.05) is 0 Å². The largest absolute Gasteiger partial charge is 0.419 e. The Morgan fingerprint density at radius 3 is 2.88 bits per heavy atom. The number of carbonyl (C=O) groups is 1. The first kappa shape index (κ1) is 17.2. The van der Waals surface area contributed by atoms with Gasteiger partial charge in [0.05, 0.1) is 22.5 Å². The maximum absolute atomic E-state index is 12.5. The lowest BCUT2D eigenvalue weighted by molar-refractivity contribution is -0.120. The molecule has 0 saturated carbocycles. The number of nitrogens with zero attached hydrogens (tertiary/aromatic N) is 2. The summed E-state index contributed by atoms with van der Waals surface area (Å²) < 4.78 is 33.6. The van der Waals surface area contributed by atoms with Crippen molar-refractivity contribution < 1.29 is 17.6 Å². The summed E-state index contributed by atoms with van der Waals surface area (Å²) >= 11 is 1.08. The first-order valence-electron chi connectivity index (χ1n) is 7.07. The zero-order valence-electron chi connectivity index (χ0n) is 13.3. The number of sulfonamides is 1.